The van der Waals surface area contributed by atoms with Crippen molar-refractivity contribution in [1.29, 1.82) is 0 Å². The van der Waals surface area contributed by atoms with Crippen LogP contribution in [0.1, 0.15) is 99.3 Å². The number of aliphatic hydroxyl groups is 1. The molecule has 4 heteroatoms. The summed E-state index contributed by atoms with van der Waals surface area (Å²) in [7, 11) is 0. The first-order valence-corrected chi connectivity index (χ1v) is 13.4. The number of rotatable bonds is 1. The number of carbonyl (C=O) groups excluding carboxylic acids is 1. The highest BCUT2D eigenvalue weighted by atomic mass is 16.4. The smallest absolute Gasteiger partial charge is 0.312 e. The van der Waals surface area contributed by atoms with Crippen molar-refractivity contribution in [3.8, 4) is 0 Å². The maximum Gasteiger partial charge on any atom is 0.312 e. The second-order valence-electron chi connectivity index (χ2n) is 14.1. The van der Waals surface area contributed by atoms with Crippen molar-refractivity contribution in [2.24, 2.45) is 50.7 Å². The largest absolute Gasteiger partial charge is 0.481 e. The molecule has 2 N–H and O–H groups in total. The number of carboxylic acids is 1. The molecule has 4 fully saturated rings. The fourth-order valence-electron chi connectivity index (χ4n) is 10.1. The number of hydrogen-bond acceptors (Lipinski definition) is 3. The minimum Gasteiger partial charge on any atom is -0.481 e. The fraction of sp³-hybridized carbons (Fsp3) is 0.862. The van der Waals surface area contributed by atoms with Crippen molar-refractivity contribution in [3.05, 3.63) is 11.6 Å². The third-order valence-electron chi connectivity index (χ3n) is 12.4. The molecule has 4 saturated carbocycles. The van der Waals surface area contributed by atoms with Crippen LogP contribution in [0.15, 0.2) is 11.6 Å². The Balaban J connectivity index is 1.63. The summed E-state index contributed by atoms with van der Waals surface area (Å²) in [5.41, 5.74) is 0.313. The molecule has 0 heterocycles. The molecule has 5 aliphatic carbocycles. The minimum atomic E-state index is -1.04. The molecule has 184 valence electrons. The van der Waals surface area contributed by atoms with E-state index in [9.17, 15) is 19.8 Å². The van der Waals surface area contributed by atoms with Crippen LogP contribution < -0.4 is 0 Å². The van der Waals surface area contributed by atoms with Crippen molar-refractivity contribution >= 4 is 11.8 Å². The SMILES string of the molecule is CC1C(=O)CCC2(C)C1CCC1(C)C2CC=C2C3CC(C)(C)CCC3(C(=O)O)C(O)CC21C. The van der Waals surface area contributed by atoms with Crippen molar-refractivity contribution in [2.45, 2.75) is 105 Å². The number of fused-ring (bicyclic) bond motifs is 7. The van der Waals surface area contributed by atoms with Crippen LogP contribution in [0.3, 0.4) is 0 Å². The molecule has 0 saturated heterocycles. The van der Waals surface area contributed by atoms with Gasteiger partial charge in [0.1, 0.15) is 11.2 Å². The number of carboxylic acid groups (broad SMARTS) is 1. The van der Waals surface area contributed by atoms with E-state index in [1.807, 2.05) is 0 Å². The maximum absolute atomic E-state index is 12.8. The second-order valence-corrected chi connectivity index (χ2v) is 14.1. The van der Waals surface area contributed by atoms with Crippen LogP contribution in [0.4, 0.5) is 0 Å². The molecule has 0 aromatic heterocycles. The molecule has 4 nitrogen and oxygen atoms in total. The molecular formula is C29H44O4. The van der Waals surface area contributed by atoms with E-state index >= 15 is 0 Å². The normalized spacial score (nSPS) is 53.1. The molecule has 0 spiro atoms. The zero-order valence-corrected chi connectivity index (χ0v) is 21.5. The molecule has 33 heavy (non-hydrogen) atoms. The van der Waals surface area contributed by atoms with Crippen LogP contribution in [0.5, 0.6) is 0 Å². The van der Waals surface area contributed by atoms with Crippen LogP contribution >= 0.6 is 0 Å². The summed E-state index contributed by atoms with van der Waals surface area (Å²) < 4.78 is 0. The number of hydrogen-bond donors (Lipinski definition) is 2. The molecule has 0 aliphatic heterocycles. The van der Waals surface area contributed by atoms with Crippen LogP contribution in [-0.2, 0) is 9.59 Å². The standard InChI is InChI=1S/C29H44O4/c1-17-18-9-12-27(5)22(26(18,4)11-10-21(17)30)8-7-19-20-15-25(2,3)13-14-29(20,24(32)33)23(31)16-28(19,27)6/h7,17-18,20,22-23,31H,8-16H2,1-6H3,(H,32,33). The summed E-state index contributed by atoms with van der Waals surface area (Å²) >= 11 is 0. The molecule has 0 bridgehead atoms. The van der Waals surface area contributed by atoms with E-state index in [2.05, 4.69) is 47.6 Å². The Bertz CT molecular complexity index is 919. The molecule has 5 rings (SSSR count). The summed E-state index contributed by atoms with van der Waals surface area (Å²) in [6.45, 7) is 13.9. The van der Waals surface area contributed by atoms with E-state index in [4.69, 9.17) is 0 Å². The number of allylic oxidation sites excluding steroid dienone is 2. The van der Waals surface area contributed by atoms with Crippen LogP contribution in [0, 0.1) is 50.7 Å². The predicted octanol–water partition coefficient (Wildman–Crippen LogP) is 6.02. The molecule has 9 atom stereocenters. The molecular weight excluding hydrogens is 412 g/mol. The Morgan fingerprint density at radius 3 is 2.39 bits per heavy atom. The van der Waals surface area contributed by atoms with Gasteiger partial charge in [0, 0.05) is 12.3 Å². The number of carbonyl (C=O) groups is 2. The summed E-state index contributed by atoms with van der Waals surface area (Å²) in [5, 5.41) is 22.1. The lowest BCUT2D eigenvalue weighted by Gasteiger charge is -2.70. The molecule has 0 radical (unpaired) electrons. The zero-order valence-electron chi connectivity index (χ0n) is 21.5. The first-order chi connectivity index (χ1) is 15.2. The monoisotopic (exact) mass is 456 g/mol. The van der Waals surface area contributed by atoms with Crippen molar-refractivity contribution < 1.29 is 19.8 Å². The Labute approximate surface area is 199 Å². The van der Waals surface area contributed by atoms with E-state index in [1.54, 1.807) is 0 Å². The third-order valence-corrected chi connectivity index (χ3v) is 12.4. The Kier molecular flexibility index (Phi) is 4.97. The summed E-state index contributed by atoms with van der Waals surface area (Å²) in [5.74, 6) is 0.582. The topological polar surface area (TPSA) is 74.6 Å². The van der Waals surface area contributed by atoms with Gasteiger partial charge < -0.3 is 10.2 Å². The average Bonchev–Trinajstić information content (AvgIpc) is 2.71. The Morgan fingerprint density at radius 2 is 1.73 bits per heavy atom. The maximum atomic E-state index is 12.8. The quantitative estimate of drug-likeness (QED) is 0.473. The lowest BCUT2D eigenvalue weighted by Crippen LogP contribution is -2.66. The van der Waals surface area contributed by atoms with Gasteiger partial charge in [-0.15, -0.1) is 0 Å². The van der Waals surface area contributed by atoms with Gasteiger partial charge in [-0.1, -0.05) is 53.2 Å². The van der Waals surface area contributed by atoms with Gasteiger partial charge in [-0.25, -0.2) is 0 Å². The van der Waals surface area contributed by atoms with Crippen LogP contribution in [-0.4, -0.2) is 28.1 Å². The van der Waals surface area contributed by atoms with Crippen molar-refractivity contribution in [1.82, 2.24) is 0 Å². The fourth-order valence-corrected chi connectivity index (χ4v) is 10.1. The van der Waals surface area contributed by atoms with Gasteiger partial charge in [0.2, 0.25) is 0 Å². The average molecular weight is 457 g/mol. The van der Waals surface area contributed by atoms with E-state index in [0.29, 0.717) is 36.9 Å². The zero-order chi connectivity index (χ0) is 24.2. The van der Waals surface area contributed by atoms with E-state index in [0.717, 1.165) is 38.5 Å². The predicted molar refractivity (Wildman–Crippen MR) is 128 cm³/mol. The first kappa shape index (κ1) is 23.6. The summed E-state index contributed by atoms with van der Waals surface area (Å²) in [6.07, 6.45) is 9.18. The highest BCUT2D eigenvalue weighted by Gasteiger charge is 2.70. The van der Waals surface area contributed by atoms with Crippen molar-refractivity contribution in [2.75, 3.05) is 0 Å². The van der Waals surface area contributed by atoms with Gasteiger partial charge in [-0.05, 0) is 90.8 Å². The van der Waals surface area contributed by atoms with Crippen LogP contribution in [0.25, 0.3) is 0 Å². The number of aliphatic hydroxyl groups excluding tert-OH is 1. The second kappa shape index (κ2) is 6.95. The van der Waals surface area contributed by atoms with Gasteiger partial charge in [0.05, 0.1) is 6.10 Å². The van der Waals surface area contributed by atoms with Gasteiger partial charge in [-0.2, -0.15) is 0 Å². The highest BCUT2D eigenvalue weighted by molar-refractivity contribution is 5.82. The van der Waals surface area contributed by atoms with E-state index < -0.39 is 17.5 Å². The number of ketones is 1. The van der Waals surface area contributed by atoms with Gasteiger partial charge >= 0.3 is 5.97 Å². The Hall–Kier alpha value is -1.16. The lowest BCUT2D eigenvalue weighted by molar-refractivity contribution is -0.201. The van der Waals surface area contributed by atoms with Crippen LogP contribution in [0.2, 0.25) is 0 Å². The van der Waals surface area contributed by atoms with Gasteiger partial charge in [0.15, 0.2) is 0 Å². The van der Waals surface area contributed by atoms with Crippen molar-refractivity contribution in [3.63, 3.8) is 0 Å². The summed E-state index contributed by atoms with van der Waals surface area (Å²) in [6, 6.07) is 0. The minimum absolute atomic E-state index is 0.00960. The number of Topliss-reactive ketones (excluding diaryl/α,β-unsaturated/α-hetero) is 1. The molecule has 9 unspecified atom stereocenters. The van der Waals surface area contributed by atoms with Gasteiger partial charge in [0.25, 0.3) is 0 Å². The first-order valence-electron chi connectivity index (χ1n) is 13.4. The lowest BCUT2D eigenvalue weighted by atomic mass is 9.34. The molecule has 0 aromatic rings. The van der Waals surface area contributed by atoms with E-state index in [1.165, 1.54) is 5.57 Å². The van der Waals surface area contributed by atoms with E-state index in [-0.39, 0.29) is 33.5 Å². The highest BCUT2D eigenvalue weighted by Crippen LogP contribution is 2.74. The molecule has 5 aliphatic rings. The Morgan fingerprint density at radius 1 is 1.03 bits per heavy atom. The molecule has 0 amide bonds. The third kappa shape index (κ3) is 2.79. The summed E-state index contributed by atoms with van der Waals surface area (Å²) in [4.78, 5) is 25.3. The molecule has 0 aromatic carbocycles. The van der Waals surface area contributed by atoms with Gasteiger partial charge in [-0.3, -0.25) is 9.59 Å². The number of aliphatic carboxylic acids is 1.